The number of nitrogens with zero attached hydrogens (tertiary/aromatic N) is 3. The lowest BCUT2D eigenvalue weighted by atomic mass is 10.2. The fourth-order valence-electron chi connectivity index (χ4n) is 2.42. The van der Waals surface area contributed by atoms with Gasteiger partial charge >= 0.3 is 0 Å². The second kappa shape index (κ2) is 6.17. The molecule has 0 aliphatic carbocycles. The summed E-state index contributed by atoms with van der Waals surface area (Å²) >= 11 is 0. The maximum absolute atomic E-state index is 4.41. The van der Waals surface area contributed by atoms with E-state index in [4.69, 9.17) is 0 Å². The Labute approximate surface area is 104 Å². The van der Waals surface area contributed by atoms with Crippen molar-refractivity contribution in [3.63, 3.8) is 0 Å². The molecule has 4 nitrogen and oxygen atoms in total. The molecule has 1 aliphatic heterocycles. The molecule has 2 heterocycles. The minimum absolute atomic E-state index is 0.707. The van der Waals surface area contributed by atoms with Crippen molar-refractivity contribution in [2.75, 3.05) is 26.2 Å². The number of rotatable bonds is 6. The van der Waals surface area contributed by atoms with Crippen LogP contribution in [0.25, 0.3) is 0 Å². The SMILES string of the molecule is CCCNC1CCN(CCc2ccn(C)n2)C1. The summed E-state index contributed by atoms with van der Waals surface area (Å²) in [6.45, 7) is 6.95. The van der Waals surface area contributed by atoms with Crippen molar-refractivity contribution in [1.82, 2.24) is 20.0 Å². The highest BCUT2D eigenvalue weighted by atomic mass is 15.3. The highest BCUT2D eigenvalue weighted by molar-refractivity contribution is 4.99. The molecule has 1 aromatic rings. The summed E-state index contributed by atoms with van der Waals surface area (Å²) in [6, 6.07) is 2.82. The van der Waals surface area contributed by atoms with Crippen LogP contribution < -0.4 is 5.32 Å². The molecule has 1 aliphatic rings. The predicted octanol–water partition coefficient (Wildman–Crippen LogP) is 1.04. The average molecular weight is 236 g/mol. The van der Waals surface area contributed by atoms with Gasteiger partial charge in [-0.25, -0.2) is 0 Å². The summed E-state index contributed by atoms with van der Waals surface area (Å²) in [4.78, 5) is 2.54. The molecule has 17 heavy (non-hydrogen) atoms. The number of hydrogen-bond acceptors (Lipinski definition) is 3. The Morgan fingerprint density at radius 3 is 3.12 bits per heavy atom. The Bertz CT molecular complexity index is 334. The van der Waals surface area contributed by atoms with Crippen molar-refractivity contribution in [3.05, 3.63) is 18.0 Å². The highest BCUT2D eigenvalue weighted by Gasteiger charge is 2.21. The molecule has 0 bridgehead atoms. The number of aromatic nitrogens is 2. The van der Waals surface area contributed by atoms with E-state index in [1.165, 1.54) is 31.6 Å². The molecule has 4 heteroatoms. The van der Waals surface area contributed by atoms with Crippen LogP contribution in [0.4, 0.5) is 0 Å². The van der Waals surface area contributed by atoms with Crippen LogP contribution in [-0.2, 0) is 13.5 Å². The van der Waals surface area contributed by atoms with Gasteiger partial charge in [-0.2, -0.15) is 5.10 Å². The Balaban J connectivity index is 1.67. The van der Waals surface area contributed by atoms with Crippen molar-refractivity contribution in [3.8, 4) is 0 Å². The van der Waals surface area contributed by atoms with Crippen molar-refractivity contribution in [2.24, 2.45) is 7.05 Å². The van der Waals surface area contributed by atoms with Crippen LogP contribution in [0.1, 0.15) is 25.5 Å². The van der Waals surface area contributed by atoms with Gasteiger partial charge in [0.1, 0.15) is 0 Å². The molecule has 96 valence electrons. The first-order valence-corrected chi connectivity index (χ1v) is 6.72. The normalized spacial score (nSPS) is 21.2. The van der Waals surface area contributed by atoms with E-state index in [9.17, 15) is 0 Å². The quantitative estimate of drug-likeness (QED) is 0.801. The maximum atomic E-state index is 4.41. The fourth-order valence-corrected chi connectivity index (χ4v) is 2.42. The van der Waals surface area contributed by atoms with Gasteiger partial charge < -0.3 is 10.2 Å². The van der Waals surface area contributed by atoms with E-state index in [0.29, 0.717) is 6.04 Å². The first-order chi connectivity index (χ1) is 8.28. The molecular weight excluding hydrogens is 212 g/mol. The van der Waals surface area contributed by atoms with E-state index < -0.39 is 0 Å². The van der Waals surface area contributed by atoms with Gasteiger partial charge in [-0.05, 0) is 32.0 Å². The zero-order valence-corrected chi connectivity index (χ0v) is 11.0. The number of likely N-dealkylation sites (tertiary alicyclic amines) is 1. The minimum atomic E-state index is 0.707. The van der Waals surface area contributed by atoms with Crippen LogP contribution in [0.5, 0.6) is 0 Å². The summed E-state index contributed by atoms with van der Waals surface area (Å²) in [5.74, 6) is 0. The molecule has 0 spiro atoms. The van der Waals surface area contributed by atoms with E-state index in [2.05, 4.69) is 28.3 Å². The second-order valence-corrected chi connectivity index (χ2v) is 4.97. The third-order valence-corrected chi connectivity index (χ3v) is 3.41. The standard InChI is InChI=1S/C13H24N4/c1-3-7-14-13-6-10-17(11-13)9-5-12-4-8-16(2)15-12/h4,8,13-14H,3,5-7,9-11H2,1-2H3. The minimum Gasteiger partial charge on any atom is -0.313 e. The van der Waals surface area contributed by atoms with Gasteiger partial charge in [-0.1, -0.05) is 6.92 Å². The Morgan fingerprint density at radius 1 is 1.53 bits per heavy atom. The van der Waals surface area contributed by atoms with Crippen molar-refractivity contribution in [1.29, 1.82) is 0 Å². The number of hydrogen-bond donors (Lipinski definition) is 1. The van der Waals surface area contributed by atoms with Crippen LogP contribution in [0.2, 0.25) is 0 Å². The third kappa shape index (κ3) is 3.82. The molecule has 1 atom stereocenters. The van der Waals surface area contributed by atoms with E-state index >= 15 is 0 Å². The molecule has 0 aromatic carbocycles. The largest absolute Gasteiger partial charge is 0.313 e. The summed E-state index contributed by atoms with van der Waals surface area (Å²) in [7, 11) is 1.98. The monoisotopic (exact) mass is 236 g/mol. The summed E-state index contributed by atoms with van der Waals surface area (Å²) in [5.41, 5.74) is 1.21. The van der Waals surface area contributed by atoms with Gasteiger partial charge in [0.2, 0.25) is 0 Å². The van der Waals surface area contributed by atoms with Gasteiger partial charge in [0.25, 0.3) is 0 Å². The molecule has 0 amide bonds. The lowest BCUT2D eigenvalue weighted by molar-refractivity contribution is 0.330. The summed E-state index contributed by atoms with van der Waals surface area (Å²) in [5, 5.41) is 8.02. The lowest BCUT2D eigenvalue weighted by Gasteiger charge is -2.15. The van der Waals surface area contributed by atoms with E-state index in [1.807, 2.05) is 17.9 Å². The van der Waals surface area contributed by atoms with Crippen molar-refractivity contribution in [2.45, 2.75) is 32.2 Å². The van der Waals surface area contributed by atoms with E-state index in [-0.39, 0.29) is 0 Å². The molecule has 1 N–H and O–H groups in total. The second-order valence-electron chi connectivity index (χ2n) is 4.97. The van der Waals surface area contributed by atoms with Crippen LogP contribution in [-0.4, -0.2) is 46.9 Å². The van der Waals surface area contributed by atoms with Gasteiger partial charge in [0, 0.05) is 38.8 Å². The van der Waals surface area contributed by atoms with Crippen molar-refractivity contribution >= 4 is 0 Å². The van der Waals surface area contributed by atoms with Crippen LogP contribution >= 0.6 is 0 Å². The Morgan fingerprint density at radius 2 is 2.41 bits per heavy atom. The van der Waals surface area contributed by atoms with Crippen LogP contribution in [0.15, 0.2) is 12.3 Å². The van der Waals surface area contributed by atoms with Crippen LogP contribution in [0.3, 0.4) is 0 Å². The van der Waals surface area contributed by atoms with Gasteiger partial charge in [0.05, 0.1) is 5.69 Å². The predicted molar refractivity (Wildman–Crippen MR) is 70.1 cm³/mol. The Kier molecular flexibility index (Phi) is 4.57. The molecular formula is C13H24N4. The van der Waals surface area contributed by atoms with E-state index in [1.54, 1.807) is 0 Å². The Hall–Kier alpha value is -0.870. The highest BCUT2D eigenvalue weighted by Crippen LogP contribution is 2.10. The number of aryl methyl sites for hydroxylation is 1. The molecule has 2 rings (SSSR count). The molecule has 0 saturated carbocycles. The number of nitrogens with one attached hydrogen (secondary N) is 1. The zero-order chi connectivity index (χ0) is 12.1. The third-order valence-electron chi connectivity index (χ3n) is 3.41. The topological polar surface area (TPSA) is 33.1 Å². The van der Waals surface area contributed by atoms with Gasteiger partial charge in [-0.15, -0.1) is 0 Å². The first-order valence-electron chi connectivity index (χ1n) is 6.72. The smallest absolute Gasteiger partial charge is 0.0637 e. The summed E-state index contributed by atoms with van der Waals surface area (Å²) < 4.78 is 1.88. The van der Waals surface area contributed by atoms with Crippen LogP contribution in [0, 0.1) is 0 Å². The molecule has 1 saturated heterocycles. The average Bonchev–Trinajstić information content (AvgIpc) is 2.93. The maximum Gasteiger partial charge on any atom is 0.0637 e. The molecule has 1 unspecified atom stereocenters. The van der Waals surface area contributed by atoms with E-state index in [0.717, 1.165) is 19.5 Å². The zero-order valence-electron chi connectivity index (χ0n) is 11.0. The summed E-state index contributed by atoms with van der Waals surface area (Å²) in [6.07, 6.45) is 5.61. The van der Waals surface area contributed by atoms with Crippen molar-refractivity contribution < 1.29 is 0 Å². The fraction of sp³-hybridized carbons (Fsp3) is 0.769. The van der Waals surface area contributed by atoms with Gasteiger partial charge in [-0.3, -0.25) is 4.68 Å². The molecule has 1 fully saturated rings. The molecule has 1 aromatic heterocycles. The first kappa shape index (κ1) is 12.6. The molecule has 0 radical (unpaired) electrons. The van der Waals surface area contributed by atoms with Gasteiger partial charge in [0.15, 0.2) is 0 Å². The lowest BCUT2D eigenvalue weighted by Crippen LogP contribution is -2.33.